The second kappa shape index (κ2) is 10.6. The number of alkyl halides is 3. The van der Waals surface area contributed by atoms with Crippen LogP contribution in [0.25, 0.3) is 0 Å². The van der Waals surface area contributed by atoms with E-state index >= 15 is 0 Å². The molecule has 7 nitrogen and oxygen atoms in total. The van der Waals surface area contributed by atoms with Crippen molar-refractivity contribution in [3.63, 3.8) is 0 Å². The van der Waals surface area contributed by atoms with Crippen molar-refractivity contribution < 1.29 is 41.7 Å². The van der Waals surface area contributed by atoms with E-state index in [1.54, 1.807) is 12.1 Å². The summed E-state index contributed by atoms with van der Waals surface area (Å²) >= 11 is 0. The van der Waals surface area contributed by atoms with Crippen molar-refractivity contribution in [1.29, 1.82) is 0 Å². The Morgan fingerprint density at radius 3 is 2.41 bits per heavy atom. The highest BCUT2D eigenvalue weighted by molar-refractivity contribution is 5.86. The molecule has 1 saturated carbocycles. The first-order valence-corrected chi connectivity index (χ1v) is 14.0. The first-order valence-electron chi connectivity index (χ1n) is 14.0. The summed E-state index contributed by atoms with van der Waals surface area (Å²) in [4.78, 5) is 29.6. The summed E-state index contributed by atoms with van der Waals surface area (Å²) in [6.45, 7) is 1.20. The minimum atomic E-state index is -4.49. The van der Waals surface area contributed by atoms with Gasteiger partial charge in [-0.25, -0.2) is 4.39 Å². The molecule has 6 rings (SSSR count). The number of nitrogens with zero attached hydrogens (tertiary/aromatic N) is 2. The molecule has 4 aliphatic rings. The summed E-state index contributed by atoms with van der Waals surface area (Å²) in [7, 11) is 0. The largest absolute Gasteiger partial charge is 0.481 e. The third-order valence-electron chi connectivity index (χ3n) is 9.17. The number of carbonyl (C=O) groups excluding carboxylic acids is 1. The van der Waals surface area contributed by atoms with E-state index in [1.807, 2.05) is 0 Å². The number of hydrogen-bond acceptors (Lipinski definition) is 5. The number of carboxylic acid groups (broad SMARTS) is 1. The van der Waals surface area contributed by atoms with E-state index in [2.05, 4.69) is 4.90 Å². The topological polar surface area (TPSA) is 79.3 Å². The van der Waals surface area contributed by atoms with Gasteiger partial charge >= 0.3 is 12.1 Å². The lowest BCUT2D eigenvalue weighted by atomic mass is 9.79. The SMILES string of the molecule is O=C(O)[C@@H]1CN(C2CC[C@@](C(=O)N3COc4ccc(C(F)(F)F)cc4C3)(C3CC3)OC2)CC[C@H]1c1ccc(F)cc1. The van der Waals surface area contributed by atoms with E-state index in [1.165, 1.54) is 23.1 Å². The van der Waals surface area contributed by atoms with E-state index < -0.39 is 29.2 Å². The van der Waals surface area contributed by atoms with Crippen LogP contribution in [0, 0.1) is 17.7 Å². The molecule has 0 aromatic heterocycles. The lowest BCUT2D eigenvalue weighted by Gasteiger charge is -2.47. The smallest absolute Gasteiger partial charge is 0.416 e. The number of likely N-dealkylation sites (tertiary alicyclic amines) is 1. The van der Waals surface area contributed by atoms with Crippen LogP contribution in [0.5, 0.6) is 5.75 Å². The summed E-state index contributed by atoms with van der Waals surface area (Å²) in [6.07, 6.45) is -1.13. The lowest BCUT2D eigenvalue weighted by Crippen LogP contribution is -2.59. The zero-order valence-corrected chi connectivity index (χ0v) is 22.4. The van der Waals surface area contributed by atoms with Gasteiger partial charge in [0.25, 0.3) is 5.91 Å². The fourth-order valence-corrected chi connectivity index (χ4v) is 6.77. The summed E-state index contributed by atoms with van der Waals surface area (Å²) in [5.41, 5.74) is -0.727. The average molecular weight is 577 g/mol. The molecule has 0 spiro atoms. The molecule has 1 N–H and O–H groups in total. The summed E-state index contributed by atoms with van der Waals surface area (Å²) in [5.74, 6) is -2.03. The molecule has 1 amide bonds. The van der Waals surface area contributed by atoms with Crippen molar-refractivity contribution in [2.24, 2.45) is 11.8 Å². The number of benzene rings is 2. The Kier molecular flexibility index (Phi) is 7.22. The number of aliphatic carboxylic acids is 1. The summed E-state index contributed by atoms with van der Waals surface area (Å²) < 4.78 is 65.3. The van der Waals surface area contributed by atoms with Crippen molar-refractivity contribution >= 4 is 11.9 Å². The molecule has 220 valence electrons. The van der Waals surface area contributed by atoms with Crippen LogP contribution >= 0.6 is 0 Å². The predicted octanol–water partition coefficient (Wildman–Crippen LogP) is 5.04. The number of ether oxygens (including phenoxy) is 2. The van der Waals surface area contributed by atoms with E-state index in [0.29, 0.717) is 43.7 Å². The number of carboxylic acids is 1. The Bertz CT molecular complexity index is 1300. The Morgan fingerprint density at radius 1 is 1.02 bits per heavy atom. The van der Waals surface area contributed by atoms with Crippen LogP contribution in [-0.4, -0.2) is 64.9 Å². The molecule has 0 bridgehead atoms. The third-order valence-corrected chi connectivity index (χ3v) is 9.17. The number of hydrogen-bond donors (Lipinski definition) is 1. The van der Waals surface area contributed by atoms with E-state index in [4.69, 9.17) is 9.47 Å². The van der Waals surface area contributed by atoms with Gasteiger partial charge < -0.3 is 19.5 Å². The molecule has 1 unspecified atom stereocenters. The summed E-state index contributed by atoms with van der Waals surface area (Å²) in [5, 5.41) is 10.00. The van der Waals surface area contributed by atoms with Crippen LogP contribution in [0.4, 0.5) is 17.6 Å². The first-order chi connectivity index (χ1) is 19.5. The monoisotopic (exact) mass is 576 g/mol. The third kappa shape index (κ3) is 5.41. The second-order valence-electron chi connectivity index (χ2n) is 11.7. The van der Waals surface area contributed by atoms with Crippen molar-refractivity contribution in [2.75, 3.05) is 26.4 Å². The fraction of sp³-hybridized carbons (Fsp3) is 0.533. The zero-order chi connectivity index (χ0) is 28.9. The van der Waals surface area contributed by atoms with Crippen molar-refractivity contribution in [3.8, 4) is 5.75 Å². The number of fused-ring (bicyclic) bond motifs is 1. The maximum atomic E-state index is 13.9. The molecule has 3 aliphatic heterocycles. The van der Waals surface area contributed by atoms with Crippen LogP contribution in [0.3, 0.4) is 0 Å². The molecule has 1 aliphatic carbocycles. The van der Waals surface area contributed by atoms with Gasteiger partial charge in [0.1, 0.15) is 17.2 Å². The van der Waals surface area contributed by atoms with Crippen molar-refractivity contribution in [1.82, 2.24) is 9.80 Å². The van der Waals surface area contributed by atoms with Crippen LogP contribution in [-0.2, 0) is 27.0 Å². The highest BCUT2D eigenvalue weighted by Gasteiger charge is 2.56. The van der Waals surface area contributed by atoms with Crippen LogP contribution in [0.1, 0.15) is 54.7 Å². The molecular weight excluding hydrogens is 544 g/mol. The van der Waals surface area contributed by atoms with Gasteiger partial charge in [0.2, 0.25) is 0 Å². The van der Waals surface area contributed by atoms with Crippen LogP contribution < -0.4 is 4.74 Å². The van der Waals surface area contributed by atoms with Gasteiger partial charge in [-0.1, -0.05) is 12.1 Å². The molecule has 4 atom stereocenters. The molecule has 0 radical (unpaired) electrons. The average Bonchev–Trinajstić information content (AvgIpc) is 3.82. The molecule has 3 heterocycles. The second-order valence-corrected chi connectivity index (χ2v) is 11.7. The molecule has 41 heavy (non-hydrogen) atoms. The Hall–Kier alpha value is -3.18. The minimum Gasteiger partial charge on any atom is -0.481 e. The van der Waals surface area contributed by atoms with Crippen LogP contribution in [0.15, 0.2) is 42.5 Å². The minimum absolute atomic E-state index is 0.0105. The van der Waals surface area contributed by atoms with Gasteiger partial charge in [0, 0.05) is 18.2 Å². The normalized spacial score (nSPS) is 29.0. The van der Waals surface area contributed by atoms with Gasteiger partial charge in [0.15, 0.2) is 6.73 Å². The number of rotatable bonds is 5. The van der Waals surface area contributed by atoms with Gasteiger partial charge in [-0.05, 0) is 86.4 Å². The van der Waals surface area contributed by atoms with E-state index in [-0.39, 0.29) is 49.5 Å². The molecule has 2 aromatic carbocycles. The Balaban J connectivity index is 1.13. The number of amides is 1. The maximum absolute atomic E-state index is 13.9. The lowest BCUT2D eigenvalue weighted by molar-refractivity contribution is -0.181. The fourth-order valence-electron chi connectivity index (χ4n) is 6.77. The van der Waals surface area contributed by atoms with Gasteiger partial charge in [0.05, 0.1) is 24.6 Å². The Morgan fingerprint density at radius 2 is 1.78 bits per heavy atom. The van der Waals surface area contributed by atoms with E-state index in [9.17, 15) is 32.3 Å². The van der Waals surface area contributed by atoms with Crippen LogP contribution in [0.2, 0.25) is 0 Å². The number of piperidine rings is 1. The molecule has 2 aromatic rings. The van der Waals surface area contributed by atoms with Gasteiger partial charge in [-0.2, -0.15) is 13.2 Å². The number of halogens is 4. The van der Waals surface area contributed by atoms with Crippen molar-refractivity contribution in [3.05, 3.63) is 65.0 Å². The van der Waals surface area contributed by atoms with Gasteiger partial charge in [-0.3, -0.25) is 14.5 Å². The summed E-state index contributed by atoms with van der Waals surface area (Å²) in [6, 6.07) is 9.25. The zero-order valence-electron chi connectivity index (χ0n) is 22.4. The highest BCUT2D eigenvalue weighted by atomic mass is 19.4. The molecule has 2 saturated heterocycles. The van der Waals surface area contributed by atoms with Gasteiger partial charge in [-0.15, -0.1) is 0 Å². The quantitative estimate of drug-likeness (QED) is 0.503. The maximum Gasteiger partial charge on any atom is 0.416 e. The number of carbonyl (C=O) groups is 2. The van der Waals surface area contributed by atoms with E-state index in [0.717, 1.165) is 30.5 Å². The Labute approximate surface area is 235 Å². The molecule has 3 fully saturated rings. The highest BCUT2D eigenvalue weighted by Crippen LogP contribution is 2.49. The molecular formula is C30H32F4N2O5. The predicted molar refractivity (Wildman–Crippen MR) is 138 cm³/mol. The molecule has 11 heteroatoms. The first kappa shape index (κ1) is 28.0. The van der Waals surface area contributed by atoms with Crippen molar-refractivity contribution in [2.45, 2.75) is 62.4 Å². The standard InChI is InChI=1S/C30H32F4N2O5/c31-22-6-1-18(2-7-22)24-10-12-35(15-25(24)27(37)38)23-9-11-29(41-16-23,20-3-4-20)28(39)36-14-19-13-21(30(32,33)34)5-8-26(19)40-17-36/h1-2,5-8,13,20,23-25H,3-4,9-12,14-17H2,(H,37,38)/t23?,24-,25+,29-/m0/s1.